The number of amidine groups is 1. The van der Waals surface area contributed by atoms with E-state index in [1.807, 2.05) is 13.8 Å². The number of benzene rings is 1. The predicted octanol–water partition coefficient (Wildman–Crippen LogP) is 2.82. The minimum absolute atomic E-state index is 0.0306. The monoisotopic (exact) mass is 356 g/mol. The largest absolute Gasteiger partial charge is 0.386 e. The van der Waals surface area contributed by atoms with Crippen molar-refractivity contribution in [3.05, 3.63) is 35.6 Å². The number of fused-ring (bicyclic) bond motifs is 1. The van der Waals surface area contributed by atoms with Crippen molar-refractivity contribution >= 4 is 5.84 Å². The highest BCUT2D eigenvalue weighted by Crippen LogP contribution is 2.81. The number of hydrogen-bond donors (Lipinski definition) is 1. The quantitative estimate of drug-likeness (QED) is 0.756. The van der Waals surface area contributed by atoms with Crippen molar-refractivity contribution < 1.29 is 13.9 Å². The zero-order valence-corrected chi connectivity index (χ0v) is 14.8. The second-order valence-corrected chi connectivity index (χ2v) is 6.60. The van der Waals surface area contributed by atoms with Gasteiger partial charge in [-0.2, -0.15) is 10.5 Å². The molecule has 1 aliphatic heterocycles. The minimum atomic E-state index is -1.63. The van der Waals surface area contributed by atoms with E-state index in [-0.39, 0.29) is 5.84 Å². The highest BCUT2D eigenvalue weighted by atomic mass is 19.1. The van der Waals surface area contributed by atoms with Gasteiger partial charge < -0.3 is 15.2 Å². The Kier molecular flexibility index (Phi) is 4.47. The number of nitriles is 2. The third kappa shape index (κ3) is 2.05. The van der Waals surface area contributed by atoms with Crippen LogP contribution in [0, 0.1) is 39.3 Å². The van der Waals surface area contributed by atoms with Crippen LogP contribution in [0.1, 0.15) is 38.2 Å². The molecule has 1 saturated carbocycles. The van der Waals surface area contributed by atoms with Crippen LogP contribution >= 0.6 is 0 Å². The number of nitrogens with two attached hydrogens (primary N) is 1. The number of ether oxygens (including phenoxy) is 2. The molecule has 1 fully saturated rings. The molecule has 3 atom stereocenters. The summed E-state index contributed by atoms with van der Waals surface area (Å²) in [5, 5.41) is 20.1. The van der Waals surface area contributed by atoms with E-state index in [9.17, 15) is 14.9 Å². The summed E-state index contributed by atoms with van der Waals surface area (Å²) >= 11 is 0. The standard InChI is InChI=1S/C19H21FN4O2/c1-3-9-25-19(26-10-4-2)18(12-22)15(13-5-7-14(20)8-6-13)17(18,11-21)16(23)24-19/h5-8,15H,3-4,9-10H2,1-2H3,(H2,23,24). The summed E-state index contributed by atoms with van der Waals surface area (Å²) in [5.74, 6) is -2.60. The molecule has 1 aromatic carbocycles. The van der Waals surface area contributed by atoms with Gasteiger partial charge in [0.15, 0.2) is 5.41 Å². The van der Waals surface area contributed by atoms with Gasteiger partial charge in [0, 0.05) is 5.92 Å². The van der Waals surface area contributed by atoms with Gasteiger partial charge in [-0.1, -0.05) is 26.0 Å². The van der Waals surface area contributed by atoms with Crippen LogP contribution in [0.2, 0.25) is 0 Å². The van der Waals surface area contributed by atoms with Crippen LogP contribution in [0.4, 0.5) is 4.39 Å². The molecule has 7 heteroatoms. The summed E-state index contributed by atoms with van der Waals surface area (Å²) in [6, 6.07) is 10.2. The van der Waals surface area contributed by atoms with E-state index in [4.69, 9.17) is 15.2 Å². The van der Waals surface area contributed by atoms with Gasteiger partial charge in [0.1, 0.15) is 17.1 Å². The van der Waals surface area contributed by atoms with E-state index in [0.717, 1.165) is 0 Å². The molecule has 0 spiro atoms. The van der Waals surface area contributed by atoms with E-state index in [0.29, 0.717) is 31.6 Å². The topological polar surface area (TPSA) is 104 Å². The maximum Gasteiger partial charge on any atom is 0.293 e. The fourth-order valence-electron chi connectivity index (χ4n) is 3.99. The lowest BCUT2D eigenvalue weighted by Crippen LogP contribution is -2.44. The smallest absolute Gasteiger partial charge is 0.293 e. The average Bonchev–Trinajstić information content (AvgIpc) is 3.23. The molecule has 136 valence electrons. The summed E-state index contributed by atoms with van der Waals surface area (Å²) in [7, 11) is 0. The van der Waals surface area contributed by atoms with E-state index < -0.39 is 28.5 Å². The Morgan fingerprint density at radius 3 is 2.15 bits per heavy atom. The summed E-state index contributed by atoms with van der Waals surface area (Å²) in [6.45, 7) is 4.47. The molecule has 0 bridgehead atoms. The summed E-state index contributed by atoms with van der Waals surface area (Å²) in [5.41, 5.74) is 4.03. The van der Waals surface area contributed by atoms with Crippen LogP contribution in [-0.4, -0.2) is 25.0 Å². The molecule has 3 unspecified atom stereocenters. The minimum Gasteiger partial charge on any atom is -0.386 e. The molecular formula is C19H21FN4O2. The Hall–Kier alpha value is -2.48. The van der Waals surface area contributed by atoms with Crippen molar-refractivity contribution in [2.75, 3.05) is 13.2 Å². The molecule has 0 saturated heterocycles. The summed E-state index contributed by atoms with van der Waals surface area (Å²) in [6.07, 6.45) is 1.38. The number of halogens is 1. The first-order valence-electron chi connectivity index (χ1n) is 8.71. The number of nitrogens with zero attached hydrogens (tertiary/aromatic N) is 3. The van der Waals surface area contributed by atoms with Crippen molar-refractivity contribution in [1.29, 1.82) is 10.5 Å². The van der Waals surface area contributed by atoms with Crippen molar-refractivity contribution in [3.63, 3.8) is 0 Å². The number of rotatable bonds is 7. The molecule has 1 aliphatic carbocycles. The lowest BCUT2D eigenvalue weighted by atomic mass is 9.93. The Morgan fingerprint density at radius 1 is 1.12 bits per heavy atom. The highest BCUT2D eigenvalue weighted by Gasteiger charge is 2.93. The lowest BCUT2D eigenvalue weighted by Gasteiger charge is -2.32. The van der Waals surface area contributed by atoms with Crippen LogP contribution in [0.3, 0.4) is 0 Å². The van der Waals surface area contributed by atoms with Gasteiger partial charge in [-0.05, 0) is 30.5 Å². The third-order valence-electron chi connectivity index (χ3n) is 5.13. The van der Waals surface area contributed by atoms with Crippen molar-refractivity contribution in [3.8, 4) is 12.1 Å². The molecule has 3 rings (SSSR count). The van der Waals surface area contributed by atoms with Crippen molar-refractivity contribution in [2.24, 2.45) is 21.6 Å². The molecule has 2 N–H and O–H groups in total. The Morgan fingerprint density at radius 2 is 1.69 bits per heavy atom. The fraction of sp³-hybridized carbons (Fsp3) is 0.526. The molecule has 1 aromatic rings. The molecule has 2 aliphatic rings. The SMILES string of the molecule is CCCOC1(OCCC)N=C(N)C2(C#N)C(c3ccc(F)cc3)C12C#N. The molecular weight excluding hydrogens is 335 g/mol. The van der Waals surface area contributed by atoms with Gasteiger partial charge in [-0.3, -0.25) is 0 Å². The molecule has 26 heavy (non-hydrogen) atoms. The van der Waals surface area contributed by atoms with Gasteiger partial charge in [-0.15, -0.1) is 0 Å². The number of aliphatic imine (C=N–C) groups is 1. The maximum atomic E-state index is 13.3. The Balaban J connectivity index is 2.15. The van der Waals surface area contributed by atoms with Gasteiger partial charge in [0.2, 0.25) is 0 Å². The van der Waals surface area contributed by atoms with Gasteiger partial charge >= 0.3 is 0 Å². The second-order valence-electron chi connectivity index (χ2n) is 6.60. The lowest BCUT2D eigenvalue weighted by molar-refractivity contribution is -0.259. The van der Waals surface area contributed by atoms with Crippen molar-refractivity contribution in [1.82, 2.24) is 0 Å². The molecule has 0 amide bonds. The zero-order chi connectivity index (χ0) is 19.0. The van der Waals surface area contributed by atoms with E-state index in [2.05, 4.69) is 17.1 Å². The van der Waals surface area contributed by atoms with Crippen LogP contribution < -0.4 is 5.73 Å². The molecule has 6 nitrogen and oxygen atoms in total. The summed E-state index contributed by atoms with van der Waals surface area (Å²) < 4.78 is 25.2. The normalized spacial score (nSPS) is 30.8. The van der Waals surface area contributed by atoms with E-state index >= 15 is 0 Å². The second kappa shape index (κ2) is 6.35. The zero-order valence-electron chi connectivity index (χ0n) is 14.8. The van der Waals surface area contributed by atoms with Crippen LogP contribution in [0.15, 0.2) is 29.3 Å². The number of hydrogen-bond acceptors (Lipinski definition) is 6. The summed E-state index contributed by atoms with van der Waals surface area (Å²) in [4.78, 5) is 4.34. The van der Waals surface area contributed by atoms with Crippen LogP contribution in [-0.2, 0) is 9.47 Å². The fourth-order valence-corrected chi connectivity index (χ4v) is 3.99. The predicted molar refractivity (Wildman–Crippen MR) is 92.1 cm³/mol. The third-order valence-corrected chi connectivity index (χ3v) is 5.13. The molecule has 0 aromatic heterocycles. The molecule has 1 heterocycles. The molecule has 0 radical (unpaired) electrons. The van der Waals surface area contributed by atoms with Crippen LogP contribution in [0.25, 0.3) is 0 Å². The Bertz CT molecular complexity index is 802. The first kappa shape index (κ1) is 18.3. The van der Waals surface area contributed by atoms with Gasteiger partial charge in [0.25, 0.3) is 5.91 Å². The van der Waals surface area contributed by atoms with E-state index in [1.54, 1.807) is 12.1 Å². The first-order valence-corrected chi connectivity index (χ1v) is 8.71. The Labute approximate surface area is 152 Å². The maximum absolute atomic E-state index is 13.3. The van der Waals surface area contributed by atoms with Gasteiger partial charge in [0.05, 0.1) is 25.4 Å². The van der Waals surface area contributed by atoms with Crippen LogP contribution in [0.5, 0.6) is 0 Å². The highest BCUT2D eigenvalue weighted by molar-refractivity contribution is 6.00. The van der Waals surface area contributed by atoms with Gasteiger partial charge in [-0.25, -0.2) is 9.38 Å². The van der Waals surface area contributed by atoms with Crippen molar-refractivity contribution in [2.45, 2.75) is 38.5 Å². The average molecular weight is 356 g/mol. The first-order chi connectivity index (χ1) is 12.5. The van der Waals surface area contributed by atoms with E-state index in [1.165, 1.54) is 12.1 Å².